The van der Waals surface area contributed by atoms with Gasteiger partial charge in [0.2, 0.25) is 0 Å². The molecule has 0 fully saturated rings. The van der Waals surface area contributed by atoms with Gasteiger partial charge < -0.3 is 5.11 Å². The van der Waals surface area contributed by atoms with Gasteiger partial charge in [0, 0.05) is 19.1 Å². The predicted molar refractivity (Wildman–Crippen MR) is 85.9 cm³/mol. The Morgan fingerprint density at radius 3 is 2.37 bits per heavy atom. The molecule has 0 spiro atoms. The van der Waals surface area contributed by atoms with Gasteiger partial charge in [-0.1, -0.05) is 61.7 Å². The lowest BCUT2D eigenvalue weighted by molar-refractivity contribution is 0.171. The molecular formula is C16H27NOSi. The van der Waals surface area contributed by atoms with Gasteiger partial charge in [-0.25, -0.2) is 0 Å². The van der Waals surface area contributed by atoms with Crippen molar-refractivity contribution in [2.45, 2.75) is 39.2 Å². The minimum absolute atomic E-state index is 0.206. The largest absolute Gasteiger partial charge is 0.395 e. The summed E-state index contributed by atoms with van der Waals surface area (Å²) >= 11 is 0. The lowest BCUT2D eigenvalue weighted by atomic mass is 10.2. The van der Waals surface area contributed by atoms with E-state index >= 15 is 0 Å². The molecule has 1 aromatic carbocycles. The fourth-order valence-corrected chi connectivity index (χ4v) is 2.78. The third-order valence-electron chi connectivity index (χ3n) is 3.07. The number of aliphatic hydroxyl groups is 1. The average molecular weight is 277 g/mol. The van der Waals surface area contributed by atoms with Crippen molar-refractivity contribution in [1.29, 1.82) is 0 Å². The van der Waals surface area contributed by atoms with Gasteiger partial charge in [-0.05, 0) is 12.5 Å². The maximum absolute atomic E-state index is 9.23. The number of hydrogen-bond donors (Lipinski definition) is 1. The Kier molecular flexibility index (Phi) is 6.49. The van der Waals surface area contributed by atoms with Gasteiger partial charge in [-0.2, -0.15) is 0 Å². The normalized spacial score (nSPS) is 14.2. The van der Waals surface area contributed by atoms with E-state index in [2.05, 4.69) is 67.5 Å². The number of rotatable bonds is 7. The second kappa shape index (κ2) is 7.63. The molecule has 3 heteroatoms. The lowest BCUT2D eigenvalue weighted by Gasteiger charge is -2.27. The molecule has 2 nitrogen and oxygen atoms in total. The van der Waals surface area contributed by atoms with Crippen molar-refractivity contribution in [2.75, 3.05) is 13.2 Å². The highest BCUT2D eigenvalue weighted by atomic mass is 28.3. The van der Waals surface area contributed by atoms with Crippen LogP contribution in [0.2, 0.25) is 19.6 Å². The molecule has 1 aromatic rings. The van der Waals surface area contributed by atoms with Gasteiger partial charge in [0.05, 0.1) is 14.7 Å². The number of benzene rings is 1. The van der Waals surface area contributed by atoms with E-state index in [-0.39, 0.29) is 6.61 Å². The standard InChI is InChI=1S/C16H27NOSi/c1-15(10-13-19(2,3)4)17(11-12-18)14-16-8-6-5-7-9-16/h5-10,13,15,18H,11-12,14H2,1-4H3/b13-10+. The summed E-state index contributed by atoms with van der Waals surface area (Å²) in [6, 6.07) is 10.8. The number of nitrogens with zero attached hydrogens (tertiary/aromatic N) is 1. The van der Waals surface area contributed by atoms with Crippen molar-refractivity contribution in [3.63, 3.8) is 0 Å². The first-order chi connectivity index (χ1) is 8.92. The summed E-state index contributed by atoms with van der Waals surface area (Å²) in [4.78, 5) is 2.31. The van der Waals surface area contributed by atoms with Gasteiger partial charge in [0.1, 0.15) is 0 Å². The highest BCUT2D eigenvalue weighted by Crippen LogP contribution is 2.11. The zero-order valence-corrected chi connectivity index (χ0v) is 13.6. The number of hydrogen-bond acceptors (Lipinski definition) is 2. The van der Waals surface area contributed by atoms with Crippen LogP contribution in [0.1, 0.15) is 12.5 Å². The van der Waals surface area contributed by atoms with Crippen LogP contribution in [-0.2, 0) is 6.54 Å². The van der Waals surface area contributed by atoms with Gasteiger partial charge >= 0.3 is 0 Å². The van der Waals surface area contributed by atoms with Crippen LogP contribution in [0, 0.1) is 0 Å². The summed E-state index contributed by atoms with van der Waals surface area (Å²) in [6.07, 6.45) is 2.30. The molecule has 1 unspecified atom stereocenters. The Bertz CT molecular complexity index is 383. The molecule has 19 heavy (non-hydrogen) atoms. The number of aliphatic hydroxyl groups excluding tert-OH is 1. The molecule has 0 aliphatic heterocycles. The van der Waals surface area contributed by atoms with Gasteiger partial charge in [0.25, 0.3) is 0 Å². The van der Waals surface area contributed by atoms with Crippen LogP contribution in [-0.4, -0.2) is 37.3 Å². The summed E-state index contributed by atoms with van der Waals surface area (Å²) in [6.45, 7) is 11.0. The topological polar surface area (TPSA) is 23.5 Å². The molecule has 1 rings (SSSR count). The molecule has 1 N–H and O–H groups in total. The van der Waals surface area contributed by atoms with E-state index in [0.29, 0.717) is 12.6 Å². The Balaban J connectivity index is 2.69. The fourth-order valence-electron chi connectivity index (χ4n) is 1.92. The van der Waals surface area contributed by atoms with Crippen LogP contribution in [0.3, 0.4) is 0 Å². The molecule has 0 bridgehead atoms. The molecule has 0 aromatic heterocycles. The summed E-state index contributed by atoms with van der Waals surface area (Å²) in [5.74, 6) is 0. The lowest BCUT2D eigenvalue weighted by Crippen LogP contribution is -2.34. The fraction of sp³-hybridized carbons (Fsp3) is 0.500. The van der Waals surface area contributed by atoms with Crippen molar-refractivity contribution >= 4 is 8.07 Å². The van der Waals surface area contributed by atoms with E-state index in [1.54, 1.807) is 0 Å². The van der Waals surface area contributed by atoms with Crippen molar-refractivity contribution < 1.29 is 5.11 Å². The van der Waals surface area contributed by atoms with Crippen molar-refractivity contribution in [3.8, 4) is 0 Å². The second-order valence-electron chi connectivity index (χ2n) is 6.15. The first-order valence-corrected chi connectivity index (χ1v) is 10.6. The van der Waals surface area contributed by atoms with Gasteiger partial charge in [0.15, 0.2) is 0 Å². The van der Waals surface area contributed by atoms with Crippen LogP contribution in [0.25, 0.3) is 0 Å². The van der Waals surface area contributed by atoms with Gasteiger partial charge in [-0.15, -0.1) is 0 Å². The summed E-state index contributed by atoms with van der Waals surface area (Å²) < 4.78 is 0. The van der Waals surface area contributed by atoms with Crippen molar-refractivity contribution in [2.24, 2.45) is 0 Å². The average Bonchev–Trinajstić information content (AvgIpc) is 2.36. The van der Waals surface area contributed by atoms with Crippen LogP contribution in [0.15, 0.2) is 42.1 Å². The summed E-state index contributed by atoms with van der Waals surface area (Å²) in [7, 11) is -1.15. The van der Waals surface area contributed by atoms with E-state index in [0.717, 1.165) is 6.54 Å². The molecular weight excluding hydrogens is 250 g/mol. The summed E-state index contributed by atoms with van der Waals surface area (Å²) in [5, 5.41) is 9.23. The Hall–Kier alpha value is -0.903. The predicted octanol–water partition coefficient (Wildman–Crippen LogP) is 3.30. The van der Waals surface area contributed by atoms with E-state index < -0.39 is 8.07 Å². The van der Waals surface area contributed by atoms with Crippen LogP contribution < -0.4 is 0 Å². The summed E-state index contributed by atoms with van der Waals surface area (Å²) in [5.41, 5.74) is 3.68. The van der Waals surface area contributed by atoms with E-state index in [1.165, 1.54) is 5.56 Å². The zero-order valence-electron chi connectivity index (χ0n) is 12.6. The van der Waals surface area contributed by atoms with Crippen LogP contribution >= 0.6 is 0 Å². The molecule has 106 valence electrons. The van der Waals surface area contributed by atoms with Crippen LogP contribution in [0.5, 0.6) is 0 Å². The Morgan fingerprint density at radius 1 is 1.21 bits per heavy atom. The molecule has 0 aliphatic carbocycles. The molecule has 0 amide bonds. The van der Waals surface area contributed by atoms with Crippen molar-refractivity contribution in [3.05, 3.63) is 47.7 Å². The third kappa shape index (κ3) is 6.71. The van der Waals surface area contributed by atoms with Crippen molar-refractivity contribution in [1.82, 2.24) is 4.90 Å². The quantitative estimate of drug-likeness (QED) is 0.773. The minimum Gasteiger partial charge on any atom is -0.395 e. The molecule has 0 radical (unpaired) electrons. The van der Waals surface area contributed by atoms with Crippen LogP contribution in [0.4, 0.5) is 0 Å². The highest BCUT2D eigenvalue weighted by molar-refractivity contribution is 6.80. The molecule has 1 atom stereocenters. The highest BCUT2D eigenvalue weighted by Gasteiger charge is 2.13. The second-order valence-corrected chi connectivity index (χ2v) is 11.2. The maximum atomic E-state index is 9.23. The van der Waals surface area contributed by atoms with E-state index in [4.69, 9.17) is 0 Å². The molecule has 0 aliphatic rings. The zero-order chi connectivity index (χ0) is 14.3. The molecule has 0 saturated heterocycles. The van der Waals surface area contributed by atoms with E-state index in [9.17, 15) is 5.11 Å². The maximum Gasteiger partial charge on any atom is 0.0683 e. The first-order valence-electron chi connectivity index (χ1n) is 7.00. The molecule has 0 saturated carbocycles. The van der Waals surface area contributed by atoms with Gasteiger partial charge in [-0.3, -0.25) is 4.90 Å². The SMILES string of the molecule is CC(/C=C/[Si](C)(C)C)N(CCO)Cc1ccccc1. The first kappa shape index (κ1) is 16.2. The third-order valence-corrected chi connectivity index (χ3v) is 4.26. The molecule has 0 heterocycles. The monoisotopic (exact) mass is 277 g/mol. The van der Waals surface area contributed by atoms with E-state index in [1.807, 2.05) is 6.07 Å². The minimum atomic E-state index is -1.15. The smallest absolute Gasteiger partial charge is 0.0683 e. The Labute approximate surface area is 118 Å². The Morgan fingerprint density at radius 2 is 1.84 bits per heavy atom.